The molecule has 0 radical (unpaired) electrons. The van der Waals surface area contributed by atoms with Gasteiger partial charge in [-0.3, -0.25) is 0 Å². The van der Waals surface area contributed by atoms with Gasteiger partial charge in [0.25, 0.3) is 0 Å². The van der Waals surface area contributed by atoms with Crippen molar-refractivity contribution in [2.75, 3.05) is 6.61 Å². The van der Waals surface area contributed by atoms with E-state index in [1.54, 1.807) is 0 Å². The lowest BCUT2D eigenvalue weighted by Crippen LogP contribution is -2.18. The van der Waals surface area contributed by atoms with Gasteiger partial charge in [-0.2, -0.15) is 0 Å². The number of rotatable bonds is 2. The molecule has 0 saturated heterocycles. The molecule has 1 saturated carbocycles. The van der Waals surface area contributed by atoms with Gasteiger partial charge in [0.2, 0.25) is 0 Å². The first-order valence-corrected chi connectivity index (χ1v) is 7.14. The molecule has 1 fully saturated rings. The van der Waals surface area contributed by atoms with E-state index in [9.17, 15) is 0 Å². The zero-order valence-corrected chi connectivity index (χ0v) is 10.8. The van der Waals surface area contributed by atoms with Gasteiger partial charge in [-0.15, -0.1) is 11.6 Å². The normalized spacial score (nSPS) is 31.9. The zero-order valence-electron chi connectivity index (χ0n) is 10.1. The maximum atomic E-state index is 6.39. The lowest BCUT2D eigenvalue weighted by atomic mass is 9.84. The Bertz CT molecular complexity index is 390. The van der Waals surface area contributed by atoms with Crippen LogP contribution in [0.4, 0.5) is 0 Å². The quantitative estimate of drug-likeness (QED) is 0.709. The van der Waals surface area contributed by atoms with Crippen LogP contribution < -0.4 is 4.74 Å². The number of fused-ring (bicyclic) bond motifs is 1. The first-order chi connectivity index (χ1) is 8.34. The summed E-state index contributed by atoms with van der Waals surface area (Å²) >= 11 is 6.39. The standard InChI is InChI=1S/C15H19ClO/c16-14-6-3-4-12(14)10-11-8-9-17-15-7-2-1-5-13(11)15/h1-2,5,7,11-12,14H,3-4,6,8-10H2. The van der Waals surface area contributed by atoms with E-state index >= 15 is 0 Å². The predicted octanol–water partition coefficient (Wildman–Crippen LogP) is 4.35. The van der Waals surface area contributed by atoms with Crippen molar-refractivity contribution < 1.29 is 4.74 Å². The second-order valence-electron chi connectivity index (χ2n) is 5.31. The van der Waals surface area contributed by atoms with Crippen LogP contribution in [0, 0.1) is 5.92 Å². The minimum absolute atomic E-state index is 0.407. The van der Waals surface area contributed by atoms with Crippen LogP contribution in [0.15, 0.2) is 24.3 Å². The number of para-hydroxylation sites is 1. The molecular formula is C15H19ClO. The molecule has 1 nitrogen and oxygen atoms in total. The highest BCUT2D eigenvalue weighted by Crippen LogP contribution is 2.42. The maximum absolute atomic E-state index is 6.39. The Morgan fingerprint density at radius 3 is 2.88 bits per heavy atom. The molecule has 2 aliphatic rings. The van der Waals surface area contributed by atoms with Crippen LogP contribution in [0.2, 0.25) is 0 Å². The molecule has 92 valence electrons. The number of hydrogen-bond acceptors (Lipinski definition) is 1. The molecule has 1 aliphatic carbocycles. The van der Waals surface area contributed by atoms with Crippen molar-refractivity contribution >= 4 is 11.6 Å². The van der Waals surface area contributed by atoms with Gasteiger partial charge < -0.3 is 4.74 Å². The Morgan fingerprint density at radius 1 is 1.18 bits per heavy atom. The molecule has 0 spiro atoms. The van der Waals surface area contributed by atoms with E-state index in [1.807, 2.05) is 0 Å². The number of halogens is 1. The summed E-state index contributed by atoms with van der Waals surface area (Å²) in [4.78, 5) is 0. The monoisotopic (exact) mass is 250 g/mol. The summed E-state index contributed by atoms with van der Waals surface area (Å²) < 4.78 is 5.71. The van der Waals surface area contributed by atoms with E-state index in [0.29, 0.717) is 17.2 Å². The molecule has 1 aliphatic heterocycles. The minimum Gasteiger partial charge on any atom is -0.493 e. The van der Waals surface area contributed by atoms with Crippen molar-refractivity contribution in [2.24, 2.45) is 5.92 Å². The number of benzene rings is 1. The number of ether oxygens (including phenoxy) is 1. The molecule has 1 aromatic carbocycles. The highest BCUT2D eigenvalue weighted by Gasteiger charge is 2.30. The summed E-state index contributed by atoms with van der Waals surface area (Å²) in [7, 11) is 0. The minimum atomic E-state index is 0.407. The van der Waals surface area contributed by atoms with E-state index in [0.717, 1.165) is 18.8 Å². The van der Waals surface area contributed by atoms with Crippen LogP contribution in [0.5, 0.6) is 5.75 Å². The Morgan fingerprint density at radius 2 is 2.06 bits per heavy atom. The largest absolute Gasteiger partial charge is 0.493 e. The van der Waals surface area contributed by atoms with E-state index in [1.165, 1.54) is 31.2 Å². The van der Waals surface area contributed by atoms with Crippen molar-refractivity contribution in [3.63, 3.8) is 0 Å². The fourth-order valence-corrected chi connectivity index (χ4v) is 3.67. The lowest BCUT2D eigenvalue weighted by molar-refractivity contribution is 0.252. The van der Waals surface area contributed by atoms with Crippen molar-refractivity contribution in [2.45, 2.75) is 43.4 Å². The molecule has 0 N–H and O–H groups in total. The molecule has 1 heterocycles. The molecule has 3 atom stereocenters. The van der Waals surface area contributed by atoms with Gasteiger partial charge in [0.15, 0.2) is 0 Å². The van der Waals surface area contributed by atoms with Crippen LogP contribution in [0.3, 0.4) is 0 Å². The Kier molecular flexibility index (Phi) is 3.28. The average Bonchev–Trinajstić information content (AvgIpc) is 2.76. The first kappa shape index (κ1) is 11.4. The van der Waals surface area contributed by atoms with Gasteiger partial charge in [-0.25, -0.2) is 0 Å². The van der Waals surface area contributed by atoms with Crippen LogP contribution in [0.25, 0.3) is 0 Å². The molecule has 1 aromatic rings. The third-order valence-corrected chi connectivity index (χ3v) is 4.81. The molecule has 0 bridgehead atoms. The molecule has 2 heteroatoms. The van der Waals surface area contributed by atoms with Crippen molar-refractivity contribution in [3.8, 4) is 5.75 Å². The molecule has 0 aromatic heterocycles. The van der Waals surface area contributed by atoms with Gasteiger partial charge in [0, 0.05) is 5.38 Å². The predicted molar refractivity (Wildman–Crippen MR) is 70.9 cm³/mol. The smallest absolute Gasteiger partial charge is 0.122 e. The van der Waals surface area contributed by atoms with Crippen LogP contribution >= 0.6 is 11.6 Å². The van der Waals surface area contributed by atoms with Crippen LogP contribution in [-0.4, -0.2) is 12.0 Å². The summed E-state index contributed by atoms with van der Waals surface area (Å²) in [5.74, 6) is 2.46. The summed E-state index contributed by atoms with van der Waals surface area (Å²) in [5.41, 5.74) is 1.40. The molecule has 3 unspecified atom stereocenters. The van der Waals surface area contributed by atoms with Crippen molar-refractivity contribution in [1.29, 1.82) is 0 Å². The second kappa shape index (κ2) is 4.89. The van der Waals surface area contributed by atoms with Crippen LogP contribution in [0.1, 0.15) is 43.6 Å². The molecular weight excluding hydrogens is 232 g/mol. The highest BCUT2D eigenvalue weighted by atomic mass is 35.5. The highest BCUT2D eigenvalue weighted by molar-refractivity contribution is 6.20. The third-order valence-electron chi connectivity index (χ3n) is 4.24. The molecule has 0 amide bonds. The molecule has 17 heavy (non-hydrogen) atoms. The Balaban J connectivity index is 1.76. The summed E-state index contributed by atoms with van der Waals surface area (Å²) in [6.07, 6.45) is 6.22. The van der Waals surface area contributed by atoms with E-state index in [2.05, 4.69) is 24.3 Å². The van der Waals surface area contributed by atoms with Gasteiger partial charge in [-0.05, 0) is 49.1 Å². The number of hydrogen-bond donors (Lipinski definition) is 0. The van der Waals surface area contributed by atoms with Crippen molar-refractivity contribution in [1.82, 2.24) is 0 Å². The Hall–Kier alpha value is -0.690. The summed E-state index contributed by atoms with van der Waals surface area (Å²) in [6, 6.07) is 8.49. The van der Waals surface area contributed by atoms with E-state index in [-0.39, 0.29) is 0 Å². The van der Waals surface area contributed by atoms with Crippen molar-refractivity contribution in [3.05, 3.63) is 29.8 Å². The van der Waals surface area contributed by atoms with Gasteiger partial charge in [-0.1, -0.05) is 24.6 Å². The van der Waals surface area contributed by atoms with Gasteiger partial charge >= 0.3 is 0 Å². The van der Waals surface area contributed by atoms with Gasteiger partial charge in [0.05, 0.1) is 6.61 Å². The summed E-state index contributed by atoms with van der Waals surface area (Å²) in [6.45, 7) is 0.862. The Labute approximate surface area is 108 Å². The SMILES string of the molecule is ClC1CCCC1CC1CCOc2ccccc21. The molecule has 3 rings (SSSR count). The number of alkyl halides is 1. The fourth-order valence-electron chi connectivity index (χ4n) is 3.28. The average molecular weight is 251 g/mol. The van der Waals surface area contributed by atoms with Crippen LogP contribution in [-0.2, 0) is 0 Å². The first-order valence-electron chi connectivity index (χ1n) is 6.70. The maximum Gasteiger partial charge on any atom is 0.122 e. The summed E-state index contributed by atoms with van der Waals surface area (Å²) in [5, 5.41) is 0.407. The third kappa shape index (κ3) is 2.30. The zero-order chi connectivity index (χ0) is 11.7. The fraction of sp³-hybridized carbons (Fsp3) is 0.600. The lowest BCUT2D eigenvalue weighted by Gasteiger charge is -2.28. The van der Waals surface area contributed by atoms with Gasteiger partial charge in [0.1, 0.15) is 5.75 Å². The van der Waals surface area contributed by atoms with E-state index in [4.69, 9.17) is 16.3 Å². The topological polar surface area (TPSA) is 9.23 Å². The second-order valence-corrected chi connectivity index (χ2v) is 5.88. The van der Waals surface area contributed by atoms with E-state index < -0.39 is 0 Å².